The van der Waals surface area contributed by atoms with E-state index >= 15 is 0 Å². The Labute approximate surface area is 211 Å². The second-order valence-corrected chi connectivity index (χ2v) is 9.59. The van der Waals surface area contributed by atoms with E-state index in [9.17, 15) is 18.8 Å². The van der Waals surface area contributed by atoms with Crippen molar-refractivity contribution in [3.63, 3.8) is 0 Å². The number of aromatic nitrogens is 2. The Hall–Kier alpha value is -4.11. The first-order chi connectivity index (χ1) is 17.2. The van der Waals surface area contributed by atoms with Crippen molar-refractivity contribution in [2.45, 2.75) is 24.0 Å². The van der Waals surface area contributed by atoms with Crippen LogP contribution in [0.4, 0.5) is 15.8 Å². The Balaban J connectivity index is 1.45. The Bertz CT molecular complexity index is 1460. The second-order valence-electron chi connectivity index (χ2n) is 8.17. The third-order valence-electron chi connectivity index (χ3n) is 5.68. The molecule has 4 rings (SSSR count). The average molecular weight is 505 g/mol. The molecule has 1 aromatic heterocycles. The third-order valence-corrected chi connectivity index (χ3v) is 6.78. The molecule has 3 aromatic carbocycles. The first kappa shape index (κ1) is 25.0. The number of hydrogen-bond donors (Lipinski definition) is 2. The van der Waals surface area contributed by atoms with Crippen LogP contribution < -0.4 is 16.2 Å². The SMILES string of the molecule is Cc1c(NC(=O)C(C)Sc2cccc(NC(=O)c3ccc(F)cc3)c2)c(=O)n(-c2ccccc2)n1C. The van der Waals surface area contributed by atoms with E-state index in [2.05, 4.69) is 10.6 Å². The fourth-order valence-corrected chi connectivity index (χ4v) is 4.57. The fraction of sp³-hybridized carbons (Fsp3) is 0.148. The van der Waals surface area contributed by atoms with Gasteiger partial charge in [0.25, 0.3) is 11.5 Å². The highest BCUT2D eigenvalue weighted by Gasteiger charge is 2.21. The standard InChI is InChI=1S/C27H25FN4O3S/c1-17-24(27(35)32(31(17)3)22-9-5-4-6-10-22)30-25(33)18(2)36-23-11-7-8-21(16-23)29-26(34)19-12-14-20(28)15-13-19/h4-16,18H,1-3H3,(H,29,34)(H,30,33). The molecule has 0 spiro atoms. The van der Waals surface area contributed by atoms with Crippen molar-refractivity contribution >= 4 is 35.0 Å². The van der Waals surface area contributed by atoms with Gasteiger partial charge in [0.05, 0.1) is 16.6 Å². The molecule has 184 valence electrons. The van der Waals surface area contributed by atoms with Gasteiger partial charge in [0.2, 0.25) is 5.91 Å². The molecule has 2 N–H and O–H groups in total. The van der Waals surface area contributed by atoms with Crippen LogP contribution in [-0.4, -0.2) is 26.4 Å². The van der Waals surface area contributed by atoms with Gasteiger partial charge >= 0.3 is 0 Å². The van der Waals surface area contributed by atoms with E-state index < -0.39 is 11.1 Å². The van der Waals surface area contributed by atoms with Crippen molar-refractivity contribution in [3.8, 4) is 5.69 Å². The lowest BCUT2D eigenvalue weighted by Crippen LogP contribution is -2.27. The number of benzene rings is 3. The first-order valence-corrected chi connectivity index (χ1v) is 12.1. The minimum absolute atomic E-state index is 0.235. The number of rotatable bonds is 7. The van der Waals surface area contributed by atoms with Crippen molar-refractivity contribution in [1.82, 2.24) is 9.36 Å². The summed E-state index contributed by atoms with van der Waals surface area (Å²) in [7, 11) is 1.77. The molecule has 1 unspecified atom stereocenters. The van der Waals surface area contributed by atoms with Gasteiger partial charge in [-0.15, -0.1) is 11.8 Å². The molecule has 0 radical (unpaired) electrons. The van der Waals surface area contributed by atoms with E-state index in [1.165, 1.54) is 40.7 Å². The molecule has 4 aromatic rings. The summed E-state index contributed by atoms with van der Waals surface area (Å²) in [6, 6.07) is 21.6. The van der Waals surface area contributed by atoms with E-state index in [0.717, 1.165) is 4.90 Å². The number of anilines is 2. The zero-order chi connectivity index (χ0) is 25.8. The molecule has 9 heteroatoms. The first-order valence-electron chi connectivity index (χ1n) is 11.2. The highest BCUT2D eigenvalue weighted by Crippen LogP contribution is 2.27. The lowest BCUT2D eigenvalue weighted by atomic mass is 10.2. The van der Waals surface area contributed by atoms with Crippen LogP contribution in [0.1, 0.15) is 23.0 Å². The van der Waals surface area contributed by atoms with Crippen molar-refractivity contribution in [1.29, 1.82) is 0 Å². The summed E-state index contributed by atoms with van der Waals surface area (Å²) in [6.07, 6.45) is 0. The predicted octanol–water partition coefficient (Wildman–Crippen LogP) is 5.00. The summed E-state index contributed by atoms with van der Waals surface area (Å²) in [6.45, 7) is 3.53. The molecule has 1 heterocycles. The molecule has 0 saturated heterocycles. The quantitative estimate of drug-likeness (QED) is 0.347. The molecule has 0 fully saturated rings. The summed E-state index contributed by atoms with van der Waals surface area (Å²) in [4.78, 5) is 39.2. The molecule has 1 atom stereocenters. The molecule has 0 aliphatic heterocycles. The van der Waals surface area contributed by atoms with Gasteiger partial charge in [0, 0.05) is 23.2 Å². The zero-order valence-electron chi connectivity index (χ0n) is 20.0. The normalized spacial score (nSPS) is 11.7. The maximum absolute atomic E-state index is 13.1. The van der Waals surface area contributed by atoms with Gasteiger partial charge in [-0.3, -0.25) is 19.1 Å². The van der Waals surface area contributed by atoms with Gasteiger partial charge in [-0.05, 0) is 68.4 Å². The number of thioether (sulfide) groups is 1. The Morgan fingerprint density at radius 1 is 0.944 bits per heavy atom. The number of hydrogen-bond acceptors (Lipinski definition) is 4. The van der Waals surface area contributed by atoms with Gasteiger partial charge in [-0.1, -0.05) is 24.3 Å². The maximum Gasteiger partial charge on any atom is 0.295 e. The summed E-state index contributed by atoms with van der Waals surface area (Å²) in [5.74, 6) is -1.09. The maximum atomic E-state index is 13.1. The Morgan fingerprint density at radius 3 is 2.33 bits per heavy atom. The molecular formula is C27H25FN4O3S. The molecule has 0 saturated carbocycles. The summed E-state index contributed by atoms with van der Waals surface area (Å²) >= 11 is 1.30. The highest BCUT2D eigenvalue weighted by molar-refractivity contribution is 8.00. The predicted molar refractivity (Wildman–Crippen MR) is 140 cm³/mol. The molecule has 2 amide bonds. The number of amides is 2. The smallest absolute Gasteiger partial charge is 0.295 e. The van der Waals surface area contributed by atoms with Gasteiger partial charge in [-0.2, -0.15) is 0 Å². The number of halogens is 1. The van der Waals surface area contributed by atoms with Crippen LogP contribution in [0.5, 0.6) is 0 Å². The van der Waals surface area contributed by atoms with Gasteiger partial charge in [-0.25, -0.2) is 9.07 Å². The zero-order valence-corrected chi connectivity index (χ0v) is 20.8. The summed E-state index contributed by atoms with van der Waals surface area (Å²) in [5, 5.41) is 5.05. The Kier molecular flexibility index (Phi) is 7.40. The van der Waals surface area contributed by atoms with Gasteiger partial charge < -0.3 is 10.6 Å². The second kappa shape index (κ2) is 10.7. The Morgan fingerprint density at radius 2 is 1.64 bits per heavy atom. The molecule has 0 aliphatic rings. The highest BCUT2D eigenvalue weighted by atomic mass is 32.2. The van der Waals surface area contributed by atoms with E-state index in [0.29, 0.717) is 22.6 Å². The summed E-state index contributed by atoms with van der Waals surface area (Å²) in [5.41, 5.74) is 2.15. The molecule has 36 heavy (non-hydrogen) atoms. The van der Waals surface area contributed by atoms with Crippen LogP contribution in [0.25, 0.3) is 5.69 Å². The number of nitrogens with zero attached hydrogens (tertiary/aromatic N) is 2. The fourth-order valence-electron chi connectivity index (χ4n) is 3.65. The molecular weight excluding hydrogens is 479 g/mol. The minimum atomic E-state index is -0.516. The lowest BCUT2D eigenvalue weighted by molar-refractivity contribution is -0.115. The average Bonchev–Trinajstić information content (AvgIpc) is 3.08. The van der Waals surface area contributed by atoms with Crippen LogP contribution in [0, 0.1) is 12.7 Å². The van der Waals surface area contributed by atoms with Crippen LogP contribution in [0.3, 0.4) is 0 Å². The topological polar surface area (TPSA) is 85.1 Å². The van der Waals surface area contributed by atoms with Crippen LogP contribution in [0.2, 0.25) is 0 Å². The van der Waals surface area contributed by atoms with Crippen LogP contribution in [0.15, 0.2) is 88.6 Å². The number of carbonyl (C=O) groups is 2. The largest absolute Gasteiger partial charge is 0.322 e. The van der Waals surface area contributed by atoms with Gasteiger partial charge in [0.1, 0.15) is 11.5 Å². The molecule has 7 nitrogen and oxygen atoms in total. The van der Waals surface area contributed by atoms with E-state index in [1.54, 1.807) is 43.8 Å². The minimum Gasteiger partial charge on any atom is -0.322 e. The monoisotopic (exact) mass is 504 g/mol. The number of nitrogens with one attached hydrogen (secondary N) is 2. The van der Waals surface area contributed by atoms with Crippen molar-refractivity contribution in [3.05, 3.63) is 106 Å². The number of para-hydroxylation sites is 1. The van der Waals surface area contributed by atoms with Crippen LogP contribution >= 0.6 is 11.8 Å². The van der Waals surface area contributed by atoms with E-state index in [4.69, 9.17) is 0 Å². The van der Waals surface area contributed by atoms with E-state index in [1.807, 2.05) is 36.4 Å². The van der Waals surface area contributed by atoms with Crippen molar-refractivity contribution in [2.24, 2.45) is 7.05 Å². The third kappa shape index (κ3) is 5.41. The van der Waals surface area contributed by atoms with Crippen LogP contribution in [-0.2, 0) is 11.8 Å². The molecule has 0 aliphatic carbocycles. The van der Waals surface area contributed by atoms with Crippen molar-refractivity contribution < 1.29 is 14.0 Å². The lowest BCUT2D eigenvalue weighted by Gasteiger charge is -2.12. The van der Waals surface area contributed by atoms with Crippen molar-refractivity contribution in [2.75, 3.05) is 10.6 Å². The number of carbonyl (C=O) groups excluding carboxylic acids is 2. The molecule has 0 bridgehead atoms. The summed E-state index contributed by atoms with van der Waals surface area (Å²) < 4.78 is 16.3. The van der Waals surface area contributed by atoms with E-state index in [-0.39, 0.29) is 23.1 Å². The van der Waals surface area contributed by atoms with Gasteiger partial charge in [0.15, 0.2) is 0 Å².